The van der Waals surface area contributed by atoms with E-state index in [1.807, 2.05) is 19.1 Å². The number of nitrogens with two attached hydrogens (primary N) is 1. The third kappa shape index (κ3) is 3.48. The van der Waals surface area contributed by atoms with Crippen molar-refractivity contribution in [2.24, 2.45) is 11.7 Å². The van der Waals surface area contributed by atoms with E-state index in [9.17, 15) is 0 Å². The molecule has 4 nitrogen and oxygen atoms in total. The molecule has 1 aromatic heterocycles. The van der Waals surface area contributed by atoms with E-state index in [0.29, 0.717) is 12.5 Å². The summed E-state index contributed by atoms with van der Waals surface area (Å²) in [5.74, 6) is 2.26. The first-order valence-electron chi connectivity index (χ1n) is 8.18. The van der Waals surface area contributed by atoms with Crippen LogP contribution in [0.25, 0.3) is 11.1 Å². The van der Waals surface area contributed by atoms with Crippen LogP contribution in [0.5, 0.6) is 11.5 Å². The summed E-state index contributed by atoms with van der Waals surface area (Å²) in [5, 5.41) is 0. The van der Waals surface area contributed by atoms with E-state index in [1.54, 1.807) is 12.4 Å². The fraction of sp³-hybridized carbons (Fsp3) is 0.421. The number of aromatic nitrogens is 1. The molecule has 1 aromatic carbocycles. The van der Waals surface area contributed by atoms with Crippen LogP contribution in [0, 0.1) is 5.92 Å². The maximum atomic E-state index is 6.09. The van der Waals surface area contributed by atoms with E-state index in [4.69, 9.17) is 15.2 Å². The van der Waals surface area contributed by atoms with Crippen molar-refractivity contribution in [3.63, 3.8) is 0 Å². The smallest absolute Gasteiger partial charge is 0.146 e. The molecule has 0 bridgehead atoms. The van der Waals surface area contributed by atoms with Gasteiger partial charge in [0, 0.05) is 23.4 Å². The van der Waals surface area contributed by atoms with Crippen molar-refractivity contribution in [3.8, 4) is 22.6 Å². The molecule has 3 rings (SSSR count). The first-order valence-corrected chi connectivity index (χ1v) is 8.18. The molecule has 0 radical (unpaired) electrons. The standard InChI is InChI=1S/C19H24N2O2/c1-12(2)8-14(20)11-22-15-4-5-16-17-6-7-21-10-19(17)23-13(3)18(16)9-15/h4-7,9-10,12-14H,8,11,20H2,1-3H3. The number of hydrogen-bond donors (Lipinski definition) is 1. The number of rotatable bonds is 5. The molecule has 0 aliphatic carbocycles. The molecule has 2 heterocycles. The van der Waals surface area contributed by atoms with Crippen molar-refractivity contribution in [2.75, 3.05) is 6.61 Å². The topological polar surface area (TPSA) is 57.4 Å². The summed E-state index contributed by atoms with van der Waals surface area (Å²) < 4.78 is 11.8. The van der Waals surface area contributed by atoms with Gasteiger partial charge in [-0.3, -0.25) is 4.98 Å². The number of hydrogen-bond acceptors (Lipinski definition) is 4. The molecule has 4 heteroatoms. The molecule has 2 aromatic rings. The SMILES string of the molecule is CC(C)CC(N)COc1ccc2c(c1)C(C)Oc1cnccc1-2. The number of pyridine rings is 1. The van der Waals surface area contributed by atoms with Gasteiger partial charge in [-0.15, -0.1) is 0 Å². The summed E-state index contributed by atoms with van der Waals surface area (Å²) in [5.41, 5.74) is 9.49. The van der Waals surface area contributed by atoms with Gasteiger partial charge in [0.15, 0.2) is 0 Å². The second kappa shape index (κ2) is 6.59. The average Bonchev–Trinajstić information content (AvgIpc) is 2.52. The van der Waals surface area contributed by atoms with Crippen LogP contribution in [0.4, 0.5) is 0 Å². The first-order chi connectivity index (χ1) is 11.0. The predicted octanol–water partition coefficient (Wildman–Crippen LogP) is 3.95. The van der Waals surface area contributed by atoms with E-state index < -0.39 is 0 Å². The van der Waals surface area contributed by atoms with Crippen molar-refractivity contribution in [1.82, 2.24) is 4.98 Å². The normalized spacial score (nSPS) is 17.2. The maximum absolute atomic E-state index is 6.09. The molecule has 0 saturated carbocycles. The summed E-state index contributed by atoms with van der Waals surface area (Å²) in [4.78, 5) is 4.13. The van der Waals surface area contributed by atoms with Crippen LogP contribution < -0.4 is 15.2 Å². The average molecular weight is 312 g/mol. The lowest BCUT2D eigenvalue weighted by Gasteiger charge is -2.26. The number of benzene rings is 1. The number of ether oxygens (including phenoxy) is 2. The quantitative estimate of drug-likeness (QED) is 0.908. The molecular weight excluding hydrogens is 288 g/mol. The van der Waals surface area contributed by atoms with Crippen molar-refractivity contribution in [1.29, 1.82) is 0 Å². The Labute approximate surface area is 137 Å². The van der Waals surface area contributed by atoms with Gasteiger partial charge in [-0.05, 0) is 43.0 Å². The highest BCUT2D eigenvalue weighted by atomic mass is 16.5. The zero-order chi connectivity index (χ0) is 16.4. The second-order valence-electron chi connectivity index (χ2n) is 6.58. The molecule has 1 aliphatic heterocycles. The Kier molecular flexibility index (Phi) is 4.53. The highest BCUT2D eigenvalue weighted by Gasteiger charge is 2.23. The third-order valence-corrected chi connectivity index (χ3v) is 4.08. The highest BCUT2D eigenvalue weighted by molar-refractivity contribution is 5.75. The van der Waals surface area contributed by atoms with Crippen molar-refractivity contribution in [2.45, 2.75) is 39.3 Å². The largest absolute Gasteiger partial charge is 0.492 e. The molecular formula is C19H24N2O2. The molecule has 23 heavy (non-hydrogen) atoms. The zero-order valence-corrected chi connectivity index (χ0v) is 14.0. The molecule has 2 atom stereocenters. The summed E-state index contributed by atoms with van der Waals surface area (Å²) in [6, 6.07) is 8.20. The van der Waals surface area contributed by atoms with Gasteiger partial charge < -0.3 is 15.2 Å². The van der Waals surface area contributed by atoms with E-state index in [1.165, 1.54) is 5.56 Å². The third-order valence-electron chi connectivity index (χ3n) is 4.08. The fourth-order valence-corrected chi connectivity index (χ4v) is 3.04. The van der Waals surface area contributed by atoms with Crippen LogP contribution in [0.1, 0.15) is 38.9 Å². The lowest BCUT2D eigenvalue weighted by molar-refractivity contribution is 0.220. The Morgan fingerprint density at radius 3 is 2.87 bits per heavy atom. The van der Waals surface area contributed by atoms with Gasteiger partial charge in [0.25, 0.3) is 0 Å². The molecule has 0 saturated heterocycles. The molecule has 2 N–H and O–H groups in total. The number of nitrogens with zero attached hydrogens (tertiary/aromatic N) is 1. The minimum atomic E-state index is -0.0189. The van der Waals surface area contributed by atoms with E-state index in [2.05, 4.69) is 31.0 Å². The van der Waals surface area contributed by atoms with Crippen LogP contribution >= 0.6 is 0 Å². The maximum Gasteiger partial charge on any atom is 0.146 e. The summed E-state index contributed by atoms with van der Waals surface area (Å²) in [6.07, 6.45) is 4.50. The van der Waals surface area contributed by atoms with Gasteiger partial charge in [0.05, 0.1) is 6.20 Å². The minimum Gasteiger partial charge on any atom is -0.492 e. The van der Waals surface area contributed by atoms with Crippen molar-refractivity contribution < 1.29 is 9.47 Å². The van der Waals surface area contributed by atoms with E-state index >= 15 is 0 Å². The Morgan fingerprint density at radius 1 is 1.26 bits per heavy atom. The molecule has 0 spiro atoms. The van der Waals surface area contributed by atoms with Crippen molar-refractivity contribution in [3.05, 3.63) is 42.2 Å². The minimum absolute atomic E-state index is 0.0189. The second-order valence-corrected chi connectivity index (χ2v) is 6.58. The Morgan fingerprint density at radius 2 is 2.09 bits per heavy atom. The highest BCUT2D eigenvalue weighted by Crippen LogP contribution is 2.42. The Hall–Kier alpha value is -2.07. The van der Waals surface area contributed by atoms with Crippen molar-refractivity contribution >= 4 is 0 Å². The molecule has 1 aliphatic rings. The van der Waals surface area contributed by atoms with Gasteiger partial charge in [0.1, 0.15) is 24.2 Å². The number of fused-ring (bicyclic) bond motifs is 3. The zero-order valence-electron chi connectivity index (χ0n) is 14.0. The van der Waals surface area contributed by atoms with E-state index in [0.717, 1.165) is 29.0 Å². The fourth-order valence-electron chi connectivity index (χ4n) is 3.04. The lowest BCUT2D eigenvalue weighted by atomic mass is 9.94. The van der Waals surface area contributed by atoms with Crippen LogP contribution in [0.3, 0.4) is 0 Å². The molecule has 122 valence electrons. The van der Waals surface area contributed by atoms with Gasteiger partial charge in [-0.2, -0.15) is 0 Å². The van der Waals surface area contributed by atoms with Gasteiger partial charge in [0.2, 0.25) is 0 Å². The summed E-state index contributed by atoms with van der Waals surface area (Å²) in [6.45, 7) is 6.92. The lowest BCUT2D eigenvalue weighted by Crippen LogP contribution is -2.29. The Bertz CT molecular complexity index is 685. The van der Waals surface area contributed by atoms with E-state index in [-0.39, 0.29) is 12.1 Å². The first kappa shape index (κ1) is 15.8. The van der Waals surface area contributed by atoms with Crippen LogP contribution in [-0.4, -0.2) is 17.6 Å². The van der Waals surface area contributed by atoms with Crippen LogP contribution in [-0.2, 0) is 0 Å². The monoisotopic (exact) mass is 312 g/mol. The predicted molar refractivity (Wildman–Crippen MR) is 91.6 cm³/mol. The molecule has 0 fully saturated rings. The summed E-state index contributed by atoms with van der Waals surface area (Å²) >= 11 is 0. The van der Waals surface area contributed by atoms with Crippen LogP contribution in [0.2, 0.25) is 0 Å². The van der Waals surface area contributed by atoms with Gasteiger partial charge in [-0.1, -0.05) is 19.9 Å². The van der Waals surface area contributed by atoms with Crippen LogP contribution in [0.15, 0.2) is 36.7 Å². The Balaban J connectivity index is 1.79. The summed E-state index contributed by atoms with van der Waals surface area (Å²) in [7, 11) is 0. The van der Waals surface area contributed by atoms with Gasteiger partial charge >= 0.3 is 0 Å². The molecule has 0 amide bonds. The molecule has 2 unspecified atom stereocenters. The van der Waals surface area contributed by atoms with Gasteiger partial charge in [-0.25, -0.2) is 0 Å².